The lowest BCUT2D eigenvalue weighted by Crippen LogP contribution is -2.49. The fraction of sp³-hybridized carbons (Fsp3) is 0.192. The zero-order valence-electron chi connectivity index (χ0n) is 20.7. The number of anilines is 1. The van der Waals surface area contributed by atoms with Crippen LogP contribution >= 0.6 is 22.7 Å². The van der Waals surface area contributed by atoms with Crippen LogP contribution in [-0.2, 0) is 32.7 Å². The van der Waals surface area contributed by atoms with Gasteiger partial charge in [-0.15, -0.1) is 22.7 Å². The number of alkyl carbamates (subject to hydrolysis) is 1. The van der Waals surface area contributed by atoms with Gasteiger partial charge in [-0.2, -0.15) is 0 Å². The number of carbonyl (C=O) groups excluding carboxylic acids is 2. The lowest BCUT2D eigenvalue weighted by molar-refractivity contribution is -0.123. The minimum Gasteiger partial charge on any atom is -0.731 e. The van der Waals surface area contributed by atoms with Gasteiger partial charge in [0.1, 0.15) is 11.0 Å². The van der Waals surface area contributed by atoms with Gasteiger partial charge in [-0.05, 0) is 41.1 Å². The molecule has 0 fully saturated rings. The average Bonchev–Trinajstić information content (AvgIpc) is 3.61. The van der Waals surface area contributed by atoms with E-state index in [4.69, 9.17) is 9.72 Å². The van der Waals surface area contributed by atoms with E-state index >= 15 is 0 Å². The fourth-order valence-corrected chi connectivity index (χ4v) is 5.86. The summed E-state index contributed by atoms with van der Waals surface area (Å²) < 4.78 is 39.6. The Morgan fingerprint density at radius 2 is 1.67 bits per heavy atom. The van der Waals surface area contributed by atoms with Gasteiger partial charge in [-0.3, -0.25) is 9.52 Å². The summed E-state index contributed by atoms with van der Waals surface area (Å²) in [5.74, 6) is -0.419. The molecule has 0 saturated heterocycles. The summed E-state index contributed by atoms with van der Waals surface area (Å²) in [6, 6.07) is 18.0. The molecular weight excluding hydrogens is 561 g/mol. The Bertz CT molecular complexity index is 1490. The van der Waals surface area contributed by atoms with Crippen LogP contribution in [-0.4, -0.2) is 43.1 Å². The predicted octanol–water partition coefficient (Wildman–Crippen LogP) is 4.11. The van der Waals surface area contributed by atoms with Gasteiger partial charge in [0.25, 0.3) is 0 Å². The first kappa shape index (κ1) is 28.2. The van der Waals surface area contributed by atoms with E-state index in [0.717, 1.165) is 21.7 Å². The normalized spacial score (nSPS) is 12.8. The molecule has 10 nitrogen and oxygen atoms in total. The maximum Gasteiger partial charge on any atom is 0.407 e. The number of aromatic nitrogens is 1. The Balaban J connectivity index is 1.59. The van der Waals surface area contributed by atoms with Gasteiger partial charge in [-0.1, -0.05) is 48.5 Å². The van der Waals surface area contributed by atoms with E-state index in [0.29, 0.717) is 11.4 Å². The van der Waals surface area contributed by atoms with Crippen LogP contribution in [0.25, 0.3) is 10.6 Å². The van der Waals surface area contributed by atoms with Gasteiger partial charge in [0.05, 0.1) is 23.7 Å². The van der Waals surface area contributed by atoms with Crippen LogP contribution in [0.2, 0.25) is 0 Å². The van der Waals surface area contributed by atoms with Crippen LogP contribution in [0, 0.1) is 0 Å². The predicted molar refractivity (Wildman–Crippen MR) is 149 cm³/mol. The largest absolute Gasteiger partial charge is 0.731 e. The fourth-order valence-electron chi connectivity index (χ4n) is 3.81. The van der Waals surface area contributed by atoms with Crippen LogP contribution in [0.4, 0.5) is 10.5 Å². The summed E-state index contributed by atoms with van der Waals surface area (Å²) in [6.45, 7) is 0. The molecule has 0 radical (unpaired) electrons. The van der Waals surface area contributed by atoms with Crippen molar-refractivity contribution in [2.45, 2.75) is 24.9 Å². The molecule has 0 unspecified atom stereocenters. The third-order valence-electron chi connectivity index (χ3n) is 5.62. The molecule has 0 bridgehead atoms. The highest BCUT2D eigenvalue weighted by molar-refractivity contribution is 7.87. The van der Waals surface area contributed by atoms with E-state index in [2.05, 4.69) is 10.6 Å². The second kappa shape index (κ2) is 12.8. The van der Waals surface area contributed by atoms with Crippen molar-refractivity contribution in [1.29, 1.82) is 0 Å². The molecule has 2 aromatic carbocycles. The molecule has 13 heteroatoms. The summed E-state index contributed by atoms with van der Waals surface area (Å²) in [5, 5.41) is 10.2. The molecule has 2 aromatic heterocycles. The minimum atomic E-state index is -4.65. The Morgan fingerprint density at radius 3 is 2.31 bits per heavy atom. The summed E-state index contributed by atoms with van der Waals surface area (Å²) in [5.41, 5.74) is 2.55. The highest BCUT2D eigenvalue weighted by Gasteiger charge is 2.26. The first-order valence-corrected chi connectivity index (χ1v) is 14.9. The number of carbonyl (C=O) groups is 2. The Hall–Kier alpha value is -3.78. The average molecular weight is 586 g/mol. The van der Waals surface area contributed by atoms with E-state index in [9.17, 15) is 22.6 Å². The molecular formula is C26H25N4O6S3-. The molecule has 4 rings (SSSR count). The molecule has 0 saturated carbocycles. The number of methoxy groups -OCH3 is 1. The van der Waals surface area contributed by atoms with E-state index < -0.39 is 34.4 Å². The van der Waals surface area contributed by atoms with Crippen LogP contribution in [0.3, 0.4) is 0 Å². The zero-order chi connectivity index (χ0) is 27.8. The van der Waals surface area contributed by atoms with Gasteiger partial charge >= 0.3 is 6.09 Å². The summed E-state index contributed by atoms with van der Waals surface area (Å²) >= 11 is 2.95. The molecule has 0 spiro atoms. The number of hydrogen-bond donors (Lipinski definition) is 3. The first-order valence-electron chi connectivity index (χ1n) is 11.7. The standard InChI is InChI=1S/C26H26N4O6S3/c1-36-26(32)29-20(14-17-6-3-2-4-7-17)24(31)27-21(25-28-22(16-38-25)23-8-5-13-37-23)15-18-9-11-19(12-10-18)30-39(33,34)35/h2-13,16,20-21,30H,14-15H2,1H3,(H,27,31)(H,29,32)(H,33,34,35)/p-1/t20-,21-/m0/s1. The van der Waals surface area contributed by atoms with Crippen molar-refractivity contribution in [3.63, 3.8) is 0 Å². The summed E-state index contributed by atoms with van der Waals surface area (Å²) in [7, 11) is -3.42. The van der Waals surface area contributed by atoms with Crippen molar-refractivity contribution in [3.8, 4) is 10.6 Å². The zero-order valence-corrected chi connectivity index (χ0v) is 23.1. The topological polar surface area (TPSA) is 150 Å². The Kier molecular flexibility index (Phi) is 9.30. The van der Waals surface area contributed by atoms with Crippen molar-refractivity contribution < 1.29 is 27.3 Å². The van der Waals surface area contributed by atoms with Crippen LogP contribution in [0.1, 0.15) is 22.2 Å². The number of hydrogen-bond acceptors (Lipinski definition) is 9. The monoisotopic (exact) mass is 585 g/mol. The number of ether oxygens (including phenoxy) is 1. The number of thiazole rings is 1. The van der Waals surface area contributed by atoms with Gasteiger partial charge in [0, 0.05) is 17.5 Å². The SMILES string of the molecule is COC(=O)N[C@@H](Cc1ccccc1)C(=O)N[C@@H](Cc1ccc(NS(=O)(=O)[O-])cc1)c1nc(-c2cccs2)cs1. The van der Waals surface area contributed by atoms with Crippen molar-refractivity contribution in [1.82, 2.24) is 15.6 Å². The minimum absolute atomic E-state index is 0.133. The molecule has 2 atom stereocenters. The molecule has 204 valence electrons. The number of rotatable bonds is 11. The van der Waals surface area contributed by atoms with E-state index in [1.165, 1.54) is 30.6 Å². The van der Waals surface area contributed by atoms with Crippen molar-refractivity contribution in [2.75, 3.05) is 11.8 Å². The Morgan fingerprint density at radius 1 is 0.949 bits per heavy atom. The molecule has 3 N–H and O–H groups in total. The second-order valence-corrected chi connectivity index (χ2v) is 11.4. The Labute approximate surface area is 234 Å². The van der Waals surface area contributed by atoms with Gasteiger partial charge in [0.2, 0.25) is 5.91 Å². The molecule has 4 aromatic rings. The molecule has 0 aliphatic heterocycles. The smallest absolute Gasteiger partial charge is 0.407 e. The van der Waals surface area contributed by atoms with Crippen LogP contribution in [0.5, 0.6) is 0 Å². The molecule has 39 heavy (non-hydrogen) atoms. The molecule has 0 aliphatic rings. The lowest BCUT2D eigenvalue weighted by atomic mass is 10.0. The summed E-state index contributed by atoms with van der Waals surface area (Å²) in [4.78, 5) is 31.3. The number of nitrogens with zero attached hydrogens (tertiary/aromatic N) is 1. The van der Waals surface area contributed by atoms with Crippen molar-refractivity contribution >= 4 is 50.7 Å². The van der Waals surface area contributed by atoms with Gasteiger partial charge in [-0.25, -0.2) is 18.2 Å². The molecule has 2 amide bonds. The third-order valence-corrected chi connectivity index (χ3v) is 7.96. The lowest BCUT2D eigenvalue weighted by Gasteiger charge is -2.22. The highest BCUT2D eigenvalue weighted by atomic mass is 32.2. The number of benzene rings is 2. The van der Waals surface area contributed by atoms with Crippen LogP contribution < -0.4 is 15.4 Å². The molecule has 0 aliphatic carbocycles. The van der Waals surface area contributed by atoms with E-state index in [1.807, 2.05) is 57.9 Å². The second-order valence-electron chi connectivity index (χ2n) is 8.44. The quantitative estimate of drug-likeness (QED) is 0.224. The van der Waals surface area contributed by atoms with Gasteiger partial charge in [0.15, 0.2) is 10.3 Å². The van der Waals surface area contributed by atoms with Crippen molar-refractivity contribution in [3.05, 3.63) is 93.6 Å². The maximum atomic E-state index is 13.5. The molecule has 2 heterocycles. The number of nitrogens with one attached hydrogen (secondary N) is 3. The maximum absolute atomic E-state index is 13.5. The number of amides is 2. The van der Waals surface area contributed by atoms with Crippen LogP contribution in [0.15, 0.2) is 77.5 Å². The van der Waals surface area contributed by atoms with E-state index in [1.54, 1.807) is 23.5 Å². The summed E-state index contributed by atoms with van der Waals surface area (Å²) in [6.07, 6.45) is -0.158. The first-order chi connectivity index (χ1) is 18.7. The highest BCUT2D eigenvalue weighted by Crippen LogP contribution is 2.30. The van der Waals surface area contributed by atoms with Crippen molar-refractivity contribution in [2.24, 2.45) is 0 Å². The van der Waals surface area contributed by atoms with Gasteiger partial charge < -0.3 is 19.9 Å². The number of thiophene rings is 1. The third kappa shape index (κ3) is 8.35. The van der Waals surface area contributed by atoms with E-state index in [-0.39, 0.29) is 12.1 Å².